The van der Waals surface area contributed by atoms with Gasteiger partial charge in [0.25, 0.3) is 0 Å². The Bertz CT molecular complexity index is 3130. The van der Waals surface area contributed by atoms with Crippen LogP contribution in [0, 0.1) is 0 Å². The summed E-state index contributed by atoms with van der Waals surface area (Å²) in [6, 6.07) is 74.0. The number of benzene rings is 9. The Kier molecular flexibility index (Phi) is 7.17. The van der Waals surface area contributed by atoms with Gasteiger partial charge in [-0.25, -0.2) is 0 Å². The van der Waals surface area contributed by atoms with E-state index in [1.54, 1.807) is 0 Å². The maximum Gasteiger partial charge on any atom is 0.136 e. The maximum absolute atomic E-state index is 6.22. The first-order valence-corrected chi connectivity index (χ1v) is 18.8. The van der Waals surface area contributed by atoms with Crippen LogP contribution < -0.4 is 4.90 Å². The smallest absolute Gasteiger partial charge is 0.136 e. The largest absolute Gasteiger partial charge is 0.456 e. The summed E-state index contributed by atoms with van der Waals surface area (Å²) in [4.78, 5) is 2.36. The Morgan fingerprint density at radius 2 is 0.836 bits per heavy atom. The number of hydrogen-bond donors (Lipinski definition) is 0. The Labute approximate surface area is 318 Å². The van der Waals surface area contributed by atoms with Gasteiger partial charge in [0.15, 0.2) is 0 Å². The first-order chi connectivity index (χ1) is 27.3. The molecule has 0 saturated carbocycles. The van der Waals surface area contributed by atoms with Crippen molar-refractivity contribution in [1.29, 1.82) is 0 Å². The van der Waals surface area contributed by atoms with Crippen LogP contribution in [0.1, 0.15) is 0 Å². The zero-order chi connectivity index (χ0) is 36.3. The third-order valence-corrected chi connectivity index (χ3v) is 11.0. The molecular formula is C52H34N2O. The minimum atomic E-state index is 0.904. The van der Waals surface area contributed by atoms with Gasteiger partial charge in [0.05, 0.1) is 16.7 Å². The second-order valence-electron chi connectivity index (χ2n) is 14.2. The lowest BCUT2D eigenvalue weighted by atomic mass is 10.0. The Morgan fingerprint density at radius 3 is 1.51 bits per heavy atom. The molecule has 11 rings (SSSR count). The predicted molar refractivity (Wildman–Crippen MR) is 231 cm³/mol. The highest BCUT2D eigenvalue weighted by molar-refractivity contribution is 6.09. The highest BCUT2D eigenvalue weighted by Crippen LogP contribution is 2.41. The summed E-state index contributed by atoms with van der Waals surface area (Å²) in [7, 11) is 0. The van der Waals surface area contributed by atoms with Crippen LogP contribution in [0.3, 0.4) is 0 Å². The number of nitrogens with zero attached hydrogens (tertiary/aromatic N) is 2. The van der Waals surface area contributed by atoms with E-state index >= 15 is 0 Å². The van der Waals surface area contributed by atoms with Crippen molar-refractivity contribution in [1.82, 2.24) is 4.57 Å². The molecular weight excluding hydrogens is 669 g/mol. The van der Waals surface area contributed by atoms with Crippen LogP contribution in [0.25, 0.3) is 82.5 Å². The van der Waals surface area contributed by atoms with Crippen LogP contribution in [0.5, 0.6) is 0 Å². The number of fused-ring (bicyclic) bond motifs is 7. The molecule has 0 fully saturated rings. The molecule has 2 heterocycles. The van der Waals surface area contributed by atoms with Crippen molar-refractivity contribution in [2.75, 3.05) is 4.90 Å². The lowest BCUT2D eigenvalue weighted by Crippen LogP contribution is -2.10. The van der Waals surface area contributed by atoms with E-state index < -0.39 is 0 Å². The molecule has 11 aromatic rings. The molecule has 55 heavy (non-hydrogen) atoms. The van der Waals surface area contributed by atoms with Crippen molar-refractivity contribution < 1.29 is 4.42 Å². The van der Waals surface area contributed by atoms with E-state index in [2.05, 4.69) is 204 Å². The number of rotatable bonds is 6. The van der Waals surface area contributed by atoms with Gasteiger partial charge < -0.3 is 13.9 Å². The van der Waals surface area contributed by atoms with Crippen molar-refractivity contribution in [2.24, 2.45) is 0 Å². The quantitative estimate of drug-likeness (QED) is 0.172. The molecule has 0 unspecified atom stereocenters. The van der Waals surface area contributed by atoms with E-state index in [9.17, 15) is 0 Å². The molecule has 0 spiro atoms. The molecule has 0 aliphatic carbocycles. The number of anilines is 3. The van der Waals surface area contributed by atoms with Gasteiger partial charge in [-0.2, -0.15) is 0 Å². The molecule has 258 valence electrons. The average Bonchev–Trinajstić information content (AvgIpc) is 3.80. The van der Waals surface area contributed by atoms with Crippen LogP contribution in [-0.4, -0.2) is 4.57 Å². The summed E-state index contributed by atoms with van der Waals surface area (Å²) in [6.45, 7) is 0. The fourth-order valence-corrected chi connectivity index (χ4v) is 8.35. The van der Waals surface area contributed by atoms with E-state index in [1.807, 2.05) is 12.1 Å². The van der Waals surface area contributed by atoms with Gasteiger partial charge in [-0.3, -0.25) is 0 Å². The van der Waals surface area contributed by atoms with Crippen molar-refractivity contribution in [3.63, 3.8) is 0 Å². The van der Waals surface area contributed by atoms with Crippen LogP contribution in [0.2, 0.25) is 0 Å². The summed E-state index contributed by atoms with van der Waals surface area (Å²) in [6.07, 6.45) is 0. The highest BCUT2D eigenvalue weighted by Gasteiger charge is 2.17. The normalized spacial score (nSPS) is 11.6. The van der Waals surface area contributed by atoms with E-state index in [0.29, 0.717) is 0 Å². The van der Waals surface area contributed by atoms with Crippen LogP contribution in [0.15, 0.2) is 211 Å². The lowest BCUT2D eigenvalue weighted by Gasteiger charge is -2.27. The van der Waals surface area contributed by atoms with Gasteiger partial charge in [-0.15, -0.1) is 0 Å². The van der Waals surface area contributed by atoms with Gasteiger partial charge >= 0.3 is 0 Å². The fourth-order valence-electron chi connectivity index (χ4n) is 8.35. The molecule has 0 N–H and O–H groups in total. The Hall–Kier alpha value is -7.36. The lowest BCUT2D eigenvalue weighted by molar-refractivity contribution is 0.669. The predicted octanol–water partition coefficient (Wildman–Crippen LogP) is 14.6. The number of para-hydroxylation sites is 3. The molecule has 0 saturated heterocycles. The minimum absolute atomic E-state index is 0.904. The van der Waals surface area contributed by atoms with Crippen molar-refractivity contribution >= 4 is 71.6 Å². The Balaban J connectivity index is 0.953. The molecule has 0 aliphatic heterocycles. The Morgan fingerprint density at radius 1 is 0.345 bits per heavy atom. The summed E-state index contributed by atoms with van der Waals surface area (Å²) in [5.74, 6) is 0. The third-order valence-electron chi connectivity index (χ3n) is 11.0. The van der Waals surface area contributed by atoms with E-state index in [0.717, 1.165) is 55.8 Å². The SMILES string of the molecule is c1ccc2c(N(c3ccc(-c4ccc(-n5c6ccccc6c6ccccc65)cc4)cc3)c3ccc(-c4ccc5c(c4)oc4ccccc45)cc3)cccc2c1. The average molecular weight is 703 g/mol. The van der Waals surface area contributed by atoms with Crippen molar-refractivity contribution in [3.8, 4) is 27.9 Å². The topological polar surface area (TPSA) is 21.3 Å². The molecule has 0 aliphatic rings. The van der Waals surface area contributed by atoms with Crippen LogP contribution in [-0.2, 0) is 0 Å². The van der Waals surface area contributed by atoms with Gasteiger partial charge in [-0.05, 0) is 100 Å². The fraction of sp³-hybridized carbons (Fsp3) is 0. The van der Waals surface area contributed by atoms with Gasteiger partial charge in [-0.1, -0.05) is 133 Å². The van der Waals surface area contributed by atoms with Gasteiger partial charge in [0.1, 0.15) is 11.2 Å². The van der Waals surface area contributed by atoms with Crippen LogP contribution in [0.4, 0.5) is 17.1 Å². The molecule has 3 nitrogen and oxygen atoms in total. The monoisotopic (exact) mass is 702 g/mol. The number of furan rings is 1. The summed E-state index contributed by atoms with van der Waals surface area (Å²) in [5.41, 5.74) is 13.4. The van der Waals surface area contributed by atoms with Gasteiger partial charge in [0, 0.05) is 44.0 Å². The standard InChI is InChI=1S/C52H34N2O/c1-2-12-43-38(10-1)11-9-18-48(43)53(41-29-24-37(25-30-41)39-26-33-47-46-15-5-8-19-51(46)55-52(47)34-39)40-27-20-35(21-28-40)36-22-31-42(32-23-36)54-49-16-6-3-13-44(49)45-14-4-7-17-50(45)54/h1-34H. The molecule has 3 heteroatoms. The highest BCUT2D eigenvalue weighted by atomic mass is 16.3. The maximum atomic E-state index is 6.22. The third kappa shape index (κ3) is 5.20. The van der Waals surface area contributed by atoms with Crippen LogP contribution >= 0.6 is 0 Å². The zero-order valence-corrected chi connectivity index (χ0v) is 29.9. The summed E-state index contributed by atoms with van der Waals surface area (Å²) < 4.78 is 8.58. The second-order valence-corrected chi connectivity index (χ2v) is 14.2. The molecule has 9 aromatic carbocycles. The van der Waals surface area contributed by atoms with Gasteiger partial charge in [0.2, 0.25) is 0 Å². The summed E-state index contributed by atoms with van der Waals surface area (Å²) in [5, 5.41) is 7.24. The second kappa shape index (κ2) is 12.6. The van der Waals surface area contributed by atoms with Crippen molar-refractivity contribution in [2.45, 2.75) is 0 Å². The summed E-state index contributed by atoms with van der Waals surface area (Å²) >= 11 is 0. The molecule has 0 atom stereocenters. The molecule has 2 aromatic heterocycles. The first-order valence-electron chi connectivity index (χ1n) is 18.8. The molecule has 0 radical (unpaired) electrons. The van der Waals surface area contributed by atoms with E-state index in [4.69, 9.17) is 4.42 Å². The first kappa shape index (κ1) is 31.2. The van der Waals surface area contributed by atoms with Crippen molar-refractivity contribution in [3.05, 3.63) is 206 Å². The minimum Gasteiger partial charge on any atom is -0.456 e. The molecule has 0 bridgehead atoms. The number of hydrogen-bond acceptors (Lipinski definition) is 2. The zero-order valence-electron chi connectivity index (χ0n) is 29.9. The number of aromatic nitrogens is 1. The van der Waals surface area contributed by atoms with E-state index in [1.165, 1.54) is 43.7 Å². The van der Waals surface area contributed by atoms with E-state index in [-0.39, 0.29) is 0 Å². The molecule has 0 amide bonds.